The highest BCUT2D eigenvalue weighted by atomic mass is 32.2. The molecule has 1 fully saturated rings. The third-order valence-electron chi connectivity index (χ3n) is 5.87. The molecule has 0 amide bonds. The predicted octanol–water partition coefficient (Wildman–Crippen LogP) is 4.20. The molecule has 2 aromatic rings. The SMILES string of the molecule is Cc1ccc(S(=O)(=O)N2C[C@@](C)(CC(F)(F)F)[C@]3(C2)N=C3c2ccccc2)cc1. The normalized spacial score (nSPS) is 27.3. The van der Waals surface area contributed by atoms with Crippen molar-refractivity contribution in [1.29, 1.82) is 0 Å². The molecule has 4 nitrogen and oxygen atoms in total. The van der Waals surface area contributed by atoms with E-state index in [-0.39, 0.29) is 18.0 Å². The summed E-state index contributed by atoms with van der Waals surface area (Å²) in [6.45, 7) is 3.01. The Kier molecular flexibility index (Phi) is 4.44. The fourth-order valence-corrected chi connectivity index (χ4v) is 5.88. The molecule has 0 aliphatic carbocycles. The van der Waals surface area contributed by atoms with Crippen molar-refractivity contribution in [3.63, 3.8) is 0 Å². The van der Waals surface area contributed by atoms with Crippen LogP contribution in [-0.2, 0) is 10.0 Å². The van der Waals surface area contributed by atoms with Crippen LogP contribution in [0, 0.1) is 12.3 Å². The number of nitrogens with zero attached hydrogens (tertiary/aromatic N) is 2. The molecule has 0 aromatic heterocycles. The van der Waals surface area contributed by atoms with Gasteiger partial charge in [0.1, 0.15) is 5.54 Å². The van der Waals surface area contributed by atoms with E-state index in [4.69, 9.17) is 0 Å². The van der Waals surface area contributed by atoms with E-state index in [0.29, 0.717) is 5.71 Å². The van der Waals surface area contributed by atoms with E-state index in [1.807, 2.05) is 13.0 Å². The first-order chi connectivity index (χ1) is 13.5. The molecule has 8 heteroatoms. The van der Waals surface area contributed by atoms with Gasteiger partial charge in [-0.05, 0) is 24.6 Å². The summed E-state index contributed by atoms with van der Waals surface area (Å²) in [5, 5.41) is 0. The van der Waals surface area contributed by atoms with Gasteiger partial charge in [-0.3, -0.25) is 4.99 Å². The quantitative estimate of drug-likeness (QED) is 0.742. The fraction of sp³-hybridized carbons (Fsp3) is 0.381. The lowest BCUT2D eigenvalue weighted by molar-refractivity contribution is -0.156. The van der Waals surface area contributed by atoms with Crippen LogP contribution >= 0.6 is 0 Å². The Bertz CT molecular complexity index is 1070. The second-order valence-corrected chi connectivity index (χ2v) is 10.1. The first-order valence-corrected chi connectivity index (χ1v) is 10.7. The highest BCUT2D eigenvalue weighted by Crippen LogP contribution is 2.57. The van der Waals surface area contributed by atoms with Crippen molar-refractivity contribution in [2.24, 2.45) is 10.4 Å². The Hall–Kier alpha value is -2.19. The monoisotopic (exact) mass is 422 g/mol. The number of hydrogen-bond acceptors (Lipinski definition) is 3. The maximum absolute atomic E-state index is 13.4. The van der Waals surface area contributed by atoms with Gasteiger partial charge in [0.15, 0.2) is 0 Å². The van der Waals surface area contributed by atoms with Crippen LogP contribution in [0.15, 0.2) is 64.5 Å². The van der Waals surface area contributed by atoms with E-state index in [1.54, 1.807) is 36.4 Å². The largest absolute Gasteiger partial charge is 0.389 e. The summed E-state index contributed by atoms with van der Waals surface area (Å²) >= 11 is 0. The third kappa shape index (κ3) is 3.38. The van der Waals surface area contributed by atoms with Crippen LogP contribution in [0.1, 0.15) is 24.5 Å². The van der Waals surface area contributed by atoms with E-state index < -0.39 is 33.6 Å². The zero-order valence-corrected chi connectivity index (χ0v) is 16.9. The van der Waals surface area contributed by atoms with Crippen molar-refractivity contribution < 1.29 is 21.6 Å². The molecule has 0 unspecified atom stereocenters. The standard InChI is InChI=1S/C21H21F3N2O2S/c1-15-8-10-17(11-9-15)29(27,28)26-13-19(2,12-21(22,23)24)20(14-26)18(25-20)16-6-4-3-5-7-16/h3-11H,12-14H2,1-2H3/t19-,20-/m1/s1. The number of benzene rings is 2. The lowest BCUT2D eigenvalue weighted by Crippen LogP contribution is -2.42. The van der Waals surface area contributed by atoms with Gasteiger partial charge in [0, 0.05) is 18.5 Å². The van der Waals surface area contributed by atoms with Gasteiger partial charge in [-0.2, -0.15) is 17.5 Å². The lowest BCUT2D eigenvalue weighted by atomic mass is 9.72. The third-order valence-corrected chi connectivity index (χ3v) is 7.68. The molecule has 1 saturated heterocycles. The van der Waals surface area contributed by atoms with Crippen molar-refractivity contribution in [2.45, 2.75) is 36.9 Å². The second-order valence-electron chi connectivity index (χ2n) is 8.13. The van der Waals surface area contributed by atoms with Crippen LogP contribution in [0.3, 0.4) is 0 Å². The number of hydrogen-bond donors (Lipinski definition) is 0. The average Bonchev–Trinajstić information content (AvgIpc) is 3.29. The zero-order valence-electron chi connectivity index (χ0n) is 16.1. The molecule has 0 saturated carbocycles. The fourth-order valence-electron chi connectivity index (χ4n) is 4.29. The van der Waals surface area contributed by atoms with Crippen molar-refractivity contribution in [1.82, 2.24) is 4.31 Å². The molecular formula is C21H21F3N2O2S. The topological polar surface area (TPSA) is 49.7 Å². The molecule has 2 aliphatic heterocycles. The van der Waals surface area contributed by atoms with Gasteiger partial charge in [-0.15, -0.1) is 0 Å². The minimum absolute atomic E-state index is 0.0800. The van der Waals surface area contributed by atoms with Crippen LogP contribution in [0.5, 0.6) is 0 Å². The van der Waals surface area contributed by atoms with Crippen molar-refractivity contribution in [3.8, 4) is 0 Å². The summed E-state index contributed by atoms with van der Waals surface area (Å²) in [7, 11) is -3.93. The maximum atomic E-state index is 13.4. The number of aliphatic imine (C=N–C) groups is 1. The number of sulfonamides is 1. The highest BCUT2D eigenvalue weighted by molar-refractivity contribution is 7.89. The first kappa shape index (κ1) is 20.1. The van der Waals surface area contributed by atoms with Crippen LogP contribution < -0.4 is 0 Å². The van der Waals surface area contributed by atoms with E-state index in [0.717, 1.165) is 15.4 Å². The molecule has 2 aromatic carbocycles. The van der Waals surface area contributed by atoms with Crippen molar-refractivity contribution in [3.05, 3.63) is 65.7 Å². The molecule has 2 heterocycles. The lowest BCUT2D eigenvalue weighted by Gasteiger charge is -2.31. The Balaban J connectivity index is 1.71. The zero-order chi connectivity index (χ0) is 21.1. The number of aryl methyl sites for hydroxylation is 1. The summed E-state index contributed by atoms with van der Waals surface area (Å²) < 4.78 is 67.7. The Morgan fingerprint density at radius 2 is 1.66 bits per heavy atom. The Morgan fingerprint density at radius 1 is 1.03 bits per heavy atom. The molecule has 154 valence electrons. The summed E-state index contributed by atoms with van der Waals surface area (Å²) in [4.78, 5) is 4.56. The van der Waals surface area contributed by atoms with Gasteiger partial charge in [-0.25, -0.2) is 8.42 Å². The summed E-state index contributed by atoms with van der Waals surface area (Å²) in [5.74, 6) is 0. The van der Waals surface area contributed by atoms with Crippen LogP contribution in [-0.4, -0.2) is 43.2 Å². The smallest absolute Gasteiger partial charge is 0.271 e. The molecule has 0 bridgehead atoms. The summed E-state index contributed by atoms with van der Waals surface area (Å²) in [6.07, 6.45) is -5.52. The number of rotatable bonds is 4. The predicted molar refractivity (Wildman–Crippen MR) is 104 cm³/mol. The average molecular weight is 422 g/mol. The summed E-state index contributed by atoms with van der Waals surface area (Å²) in [6, 6.07) is 15.3. The minimum Gasteiger partial charge on any atom is -0.271 e. The first-order valence-electron chi connectivity index (χ1n) is 9.26. The molecule has 2 atom stereocenters. The second kappa shape index (κ2) is 6.40. The van der Waals surface area contributed by atoms with Gasteiger partial charge in [0.05, 0.1) is 17.0 Å². The van der Waals surface area contributed by atoms with Crippen LogP contribution in [0.2, 0.25) is 0 Å². The van der Waals surface area contributed by atoms with E-state index >= 15 is 0 Å². The van der Waals surface area contributed by atoms with Gasteiger partial charge in [0.2, 0.25) is 10.0 Å². The van der Waals surface area contributed by atoms with Crippen LogP contribution in [0.4, 0.5) is 13.2 Å². The minimum atomic E-state index is -4.43. The molecule has 2 aliphatic rings. The molecular weight excluding hydrogens is 401 g/mol. The maximum Gasteiger partial charge on any atom is 0.389 e. The van der Waals surface area contributed by atoms with Gasteiger partial charge in [0.25, 0.3) is 0 Å². The van der Waals surface area contributed by atoms with Crippen molar-refractivity contribution in [2.75, 3.05) is 13.1 Å². The Labute approximate surface area is 168 Å². The highest BCUT2D eigenvalue weighted by Gasteiger charge is 2.69. The summed E-state index contributed by atoms with van der Waals surface area (Å²) in [5.41, 5.74) is -0.335. The van der Waals surface area contributed by atoms with E-state index in [1.165, 1.54) is 19.1 Å². The van der Waals surface area contributed by atoms with Gasteiger partial charge >= 0.3 is 6.18 Å². The number of halogens is 3. The van der Waals surface area contributed by atoms with Crippen molar-refractivity contribution >= 4 is 15.7 Å². The van der Waals surface area contributed by atoms with Gasteiger partial charge < -0.3 is 0 Å². The number of alkyl halides is 3. The molecule has 4 rings (SSSR count). The Morgan fingerprint density at radius 3 is 2.24 bits per heavy atom. The molecule has 29 heavy (non-hydrogen) atoms. The van der Waals surface area contributed by atoms with Crippen LogP contribution in [0.25, 0.3) is 0 Å². The molecule has 1 spiro atoms. The van der Waals surface area contributed by atoms with Gasteiger partial charge in [-0.1, -0.05) is 55.0 Å². The molecule has 0 N–H and O–H groups in total. The molecule has 0 radical (unpaired) electrons. The van der Waals surface area contributed by atoms with E-state index in [9.17, 15) is 21.6 Å². The van der Waals surface area contributed by atoms with E-state index in [2.05, 4.69) is 4.99 Å².